The molecule has 0 aliphatic carbocycles. The Kier molecular flexibility index (Phi) is 24.6. The minimum atomic E-state index is 0. The van der Waals surface area contributed by atoms with E-state index >= 15 is 0 Å². The van der Waals surface area contributed by atoms with E-state index in [0.717, 1.165) is 0 Å². The fourth-order valence-corrected chi connectivity index (χ4v) is 0. The quantitative estimate of drug-likeness (QED) is 0.195. The molecule has 0 unspecified atom stereocenters. The predicted molar refractivity (Wildman–Crippen MR) is 37.8 cm³/mol. The molecule has 6 heavy (non-hydrogen) atoms. The highest BCUT2D eigenvalue weighted by Gasteiger charge is 1.57. The van der Waals surface area contributed by atoms with E-state index in [4.69, 9.17) is 5.84 Å². The molecule has 2 N–H and O–H groups in total. The lowest BCUT2D eigenvalue weighted by Crippen LogP contribution is -2.18. The summed E-state index contributed by atoms with van der Waals surface area (Å²) in [6.07, 6.45) is 0. The van der Waals surface area contributed by atoms with Crippen molar-refractivity contribution in [2.45, 2.75) is 0 Å². The van der Waals surface area contributed by atoms with Crippen LogP contribution in [0, 0.1) is 0 Å². The van der Waals surface area contributed by atoms with E-state index in [1.807, 2.05) is 0 Å². The second-order valence-electron chi connectivity index (χ2n) is 0.964. The standard InChI is InChI=1S/C2H8N2.2BH3/c1-4(2)3;;/h3H2,1-2H3;2*1H3. The summed E-state index contributed by atoms with van der Waals surface area (Å²) in [6.45, 7) is 0. The van der Waals surface area contributed by atoms with Crippen LogP contribution in [0.25, 0.3) is 0 Å². The summed E-state index contributed by atoms with van der Waals surface area (Å²) in [5, 5.41) is 1.50. The first kappa shape index (κ1) is 16.6. The van der Waals surface area contributed by atoms with Crippen molar-refractivity contribution in [3.8, 4) is 0 Å². The van der Waals surface area contributed by atoms with Gasteiger partial charge in [-0.15, -0.1) is 0 Å². The lowest BCUT2D eigenvalue weighted by molar-refractivity contribution is 0.432. The normalized spacial score (nSPS) is 6.00. The third-order valence-corrected chi connectivity index (χ3v) is 0. The molecule has 0 saturated heterocycles. The van der Waals surface area contributed by atoms with Crippen LogP contribution in [-0.4, -0.2) is 35.9 Å². The summed E-state index contributed by atoms with van der Waals surface area (Å²) < 4.78 is 0. The molecular weight excluding hydrogens is 73.7 g/mol. The van der Waals surface area contributed by atoms with Crippen LogP contribution >= 0.6 is 0 Å². The zero-order valence-electron chi connectivity index (χ0n) is 3.02. The molecule has 38 valence electrons. The molecule has 4 heteroatoms. The first-order valence-corrected chi connectivity index (χ1v) is 1.15. The van der Waals surface area contributed by atoms with Gasteiger partial charge in [0.2, 0.25) is 0 Å². The van der Waals surface area contributed by atoms with Crippen LogP contribution in [0.2, 0.25) is 0 Å². The molecule has 0 bridgehead atoms. The van der Waals surface area contributed by atoms with Crippen LogP contribution in [0.5, 0.6) is 0 Å². The number of nitrogens with zero attached hydrogens (tertiary/aromatic N) is 1. The molecule has 0 rings (SSSR count). The van der Waals surface area contributed by atoms with E-state index < -0.39 is 0 Å². The van der Waals surface area contributed by atoms with Crippen molar-refractivity contribution in [2.24, 2.45) is 5.84 Å². The second kappa shape index (κ2) is 8.90. The number of hydrazine groups is 1. The third kappa shape index (κ3) is 15100. The number of hydrogen-bond donors (Lipinski definition) is 1. The molecule has 0 spiro atoms. The molecule has 0 atom stereocenters. The molecule has 0 aromatic heterocycles. The fraction of sp³-hybridized carbons (Fsp3) is 1.00. The average molecular weight is 87.8 g/mol. The maximum atomic E-state index is 4.94. The molecule has 0 amide bonds. The molecule has 2 nitrogen and oxygen atoms in total. The highest BCUT2D eigenvalue weighted by molar-refractivity contribution is 5.76. The minimum Gasteiger partial charge on any atom is -0.269 e. The number of nitrogens with two attached hydrogens (primary N) is 1. The van der Waals surface area contributed by atoms with E-state index in [1.165, 1.54) is 5.01 Å². The molecule has 0 fully saturated rings. The van der Waals surface area contributed by atoms with E-state index in [2.05, 4.69) is 0 Å². The van der Waals surface area contributed by atoms with E-state index in [0.29, 0.717) is 0 Å². The molecule has 0 aliphatic heterocycles. The first-order chi connectivity index (χ1) is 1.73. The second-order valence-corrected chi connectivity index (χ2v) is 0.964. The SMILES string of the molecule is B.B.CN(C)N. The van der Waals surface area contributed by atoms with Crippen molar-refractivity contribution in [3.05, 3.63) is 0 Å². The van der Waals surface area contributed by atoms with Crippen LogP contribution in [0.3, 0.4) is 0 Å². The summed E-state index contributed by atoms with van der Waals surface area (Å²) in [5.74, 6) is 4.94. The maximum absolute atomic E-state index is 4.94. The van der Waals surface area contributed by atoms with Crippen molar-refractivity contribution >= 4 is 16.8 Å². The van der Waals surface area contributed by atoms with Gasteiger partial charge in [-0.2, -0.15) is 0 Å². The van der Waals surface area contributed by atoms with Gasteiger partial charge >= 0.3 is 0 Å². The summed E-state index contributed by atoms with van der Waals surface area (Å²) >= 11 is 0. The average Bonchev–Trinajstić information content (AvgIpc) is 0.811. The Balaban J connectivity index is -0.0000000450. The van der Waals surface area contributed by atoms with Crippen LogP contribution < -0.4 is 5.84 Å². The monoisotopic (exact) mass is 88.1 g/mol. The van der Waals surface area contributed by atoms with E-state index in [-0.39, 0.29) is 16.8 Å². The van der Waals surface area contributed by atoms with Crippen LogP contribution in [-0.2, 0) is 0 Å². The van der Waals surface area contributed by atoms with Crippen molar-refractivity contribution in [1.29, 1.82) is 0 Å². The maximum Gasteiger partial charge on any atom is 0.0814 e. The van der Waals surface area contributed by atoms with Gasteiger partial charge in [0.25, 0.3) is 0 Å². The number of rotatable bonds is 0. The highest BCUT2D eigenvalue weighted by atomic mass is 15.4. The summed E-state index contributed by atoms with van der Waals surface area (Å²) in [4.78, 5) is 0. The van der Waals surface area contributed by atoms with Gasteiger partial charge in [-0.05, 0) is 0 Å². The van der Waals surface area contributed by atoms with Gasteiger partial charge in [0.15, 0.2) is 0 Å². The molecule has 0 aromatic carbocycles. The van der Waals surface area contributed by atoms with Crippen molar-refractivity contribution in [2.75, 3.05) is 14.1 Å². The Labute approximate surface area is 42.8 Å². The highest BCUT2D eigenvalue weighted by Crippen LogP contribution is 1.37. The zero-order valence-corrected chi connectivity index (χ0v) is 3.02. The van der Waals surface area contributed by atoms with Gasteiger partial charge in [-0.3, -0.25) is 10.9 Å². The van der Waals surface area contributed by atoms with E-state index in [1.54, 1.807) is 14.1 Å². The van der Waals surface area contributed by atoms with Crippen molar-refractivity contribution < 1.29 is 0 Å². The van der Waals surface area contributed by atoms with Gasteiger partial charge in [-0.25, -0.2) is 0 Å². The third-order valence-electron chi connectivity index (χ3n) is 0. The topological polar surface area (TPSA) is 29.3 Å². The molecule has 0 aromatic rings. The lowest BCUT2D eigenvalue weighted by atomic mass is 10.8. The van der Waals surface area contributed by atoms with Crippen molar-refractivity contribution in [1.82, 2.24) is 5.01 Å². The summed E-state index contributed by atoms with van der Waals surface area (Å²) in [7, 11) is 3.56. The lowest BCUT2D eigenvalue weighted by Gasteiger charge is -1.91. The van der Waals surface area contributed by atoms with Gasteiger partial charge in [-0.1, -0.05) is 0 Å². The number of hydrogen-bond acceptors (Lipinski definition) is 2. The van der Waals surface area contributed by atoms with Gasteiger partial charge in [0.05, 0.1) is 16.8 Å². The van der Waals surface area contributed by atoms with Crippen LogP contribution in [0.15, 0.2) is 0 Å². The van der Waals surface area contributed by atoms with Crippen LogP contribution in [0.4, 0.5) is 0 Å². The smallest absolute Gasteiger partial charge is 0.0814 e. The Morgan fingerprint density at radius 2 is 1.17 bits per heavy atom. The predicted octanol–water partition coefficient (Wildman–Crippen LogP) is -2.95. The summed E-state index contributed by atoms with van der Waals surface area (Å²) in [6, 6.07) is 0. The Hall–Kier alpha value is 0.0499. The van der Waals surface area contributed by atoms with Crippen LogP contribution in [0.1, 0.15) is 0 Å². The molecular formula is C2H14B2N2. The largest absolute Gasteiger partial charge is 0.269 e. The molecule has 0 saturated carbocycles. The Bertz CT molecular complexity index is 14.3. The minimum absolute atomic E-state index is 0. The fourth-order valence-electron chi connectivity index (χ4n) is 0. The van der Waals surface area contributed by atoms with Gasteiger partial charge in [0.1, 0.15) is 0 Å². The van der Waals surface area contributed by atoms with Gasteiger partial charge < -0.3 is 0 Å². The van der Waals surface area contributed by atoms with E-state index in [9.17, 15) is 0 Å². The Morgan fingerprint density at radius 1 is 1.17 bits per heavy atom. The molecule has 0 aliphatic rings. The molecule has 0 radical (unpaired) electrons. The van der Waals surface area contributed by atoms with Gasteiger partial charge in [0, 0.05) is 14.1 Å². The Morgan fingerprint density at radius 3 is 1.17 bits per heavy atom. The molecule has 0 heterocycles. The first-order valence-electron chi connectivity index (χ1n) is 1.15. The zero-order chi connectivity index (χ0) is 3.58. The van der Waals surface area contributed by atoms with Crippen molar-refractivity contribution in [3.63, 3.8) is 0 Å². The summed E-state index contributed by atoms with van der Waals surface area (Å²) in [5.41, 5.74) is 0.